The summed E-state index contributed by atoms with van der Waals surface area (Å²) in [7, 11) is 0. The number of nitrogens with zero attached hydrogens (tertiary/aromatic N) is 2. The number of thioether (sulfide) groups is 1. The molecule has 5 heteroatoms. The highest BCUT2D eigenvalue weighted by Gasteiger charge is 1.99. The van der Waals surface area contributed by atoms with Crippen molar-refractivity contribution in [3.05, 3.63) is 54.1 Å². The van der Waals surface area contributed by atoms with Gasteiger partial charge in [-0.1, -0.05) is 24.3 Å². The SMILES string of the molecule is CSc1ccc(C=NNc2nc3ccccc3[nH]2)cc1. The molecule has 0 aliphatic carbocycles. The fraction of sp³-hybridized carbons (Fsp3) is 0.0667. The number of fused-ring (bicyclic) bond motifs is 1. The Kier molecular flexibility index (Phi) is 3.69. The normalized spacial score (nSPS) is 11.2. The molecule has 0 aliphatic rings. The Balaban J connectivity index is 1.69. The molecule has 0 unspecified atom stereocenters. The first kappa shape index (κ1) is 12.7. The number of benzene rings is 2. The molecule has 3 aromatic rings. The number of imidazole rings is 1. The molecule has 3 rings (SSSR count). The zero-order chi connectivity index (χ0) is 13.8. The Morgan fingerprint density at radius 3 is 2.70 bits per heavy atom. The predicted molar refractivity (Wildman–Crippen MR) is 85.5 cm³/mol. The van der Waals surface area contributed by atoms with E-state index in [1.165, 1.54) is 4.90 Å². The lowest BCUT2D eigenvalue weighted by molar-refractivity contribution is 1.21. The lowest BCUT2D eigenvalue weighted by Crippen LogP contribution is -1.92. The van der Waals surface area contributed by atoms with Gasteiger partial charge in [0.05, 0.1) is 17.2 Å². The molecule has 100 valence electrons. The summed E-state index contributed by atoms with van der Waals surface area (Å²) in [4.78, 5) is 8.79. The van der Waals surface area contributed by atoms with Crippen LogP contribution in [0, 0.1) is 0 Å². The molecule has 20 heavy (non-hydrogen) atoms. The lowest BCUT2D eigenvalue weighted by Gasteiger charge is -1.97. The minimum atomic E-state index is 0.642. The molecule has 0 spiro atoms. The van der Waals surface area contributed by atoms with Crippen molar-refractivity contribution >= 4 is 35.0 Å². The molecule has 4 nitrogen and oxygen atoms in total. The van der Waals surface area contributed by atoms with Gasteiger partial charge in [-0.15, -0.1) is 11.8 Å². The Morgan fingerprint density at radius 2 is 1.95 bits per heavy atom. The second kappa shape index (κ2) is 5.79. The predicted octanol–water partition coefficient (Wildman–Crippen LogP) is 3.73. The van der Waals surface area contributed by atoms with Crippen LogP contribution in [0.1, 0.15) is 5.56 Å². The molecular formula is C15H14N4S. The third-order valence-corrected chi connectivity index (χ3v) is 3.63. The Labute approximate surface area is 121 Å². The zero-order valence-electron chi connectivity index (χ0n) is 11.0. The van der Waals surface area contributed by atoms with Crippen LogP contribution in [0.4, 0.5) is 5.95 Å². The number of aromatic nitrogens is 2. The average Bonchev–Trinajstić information content (AvgIpc) is 2.90. The van der Waals surface area contributed by atoms with Crippen LogP contribution >= 0.6 is 11.8 Å². The van der Waals surface area contributed by atoms with Gasteiger partial charge < -0.3 is 4.98 Å². The summed E-state index contributed by atoms with van der Waals surface area (Å²) >= 11 is 1.73. The first-order valence-corrected chi connectivity index (χ1v) is 7.45. The van der Waals surface area contributed by atoms with Crippen molar-refractivity contribution in [1.29, 1.82) is 0 Å². The summed E-state index contributed by atoms with van der Waals surface area (Å²) in [5.74, 6) is 0.642. The summed E-state index contributed by atoms with van der Waals surface area (Å²) in [6.45, 7) is 0. The van der Waals surface area contributed by atoms with E-state index in [0.717, 1.165) is 16.6 Å². The molecule has 0 saturated carbocycles. The average molecular weight is 282 g/mol. The van der Waals surface area contributed by atoms with Gasteiger partial charge >= 0.3 is 0 Å². The van der Waals surface area contributed by atoms with E-state index in [9.17, 15) is 0 Å². The van der Waals surface area contributed by atoms with Crippen LogP contribution in [0.5, 0.6) is 0 Å². The largest absolute Gasteiger partial charge is 0.323 e. The summed E-state index contributed by atoms with van der Waals surface area (Å²) in [6.07, 6.45) is 3.84. The molecule has 0 aliphatic heterocycles. The summed E-state index contributed by atoms with van der Waals surface area (Å²) in [6, 6.07) is 16.1. The quantitative estimate of drug-likeness (QED) is 0.435. The van der Waals surface area contributed by atoms with Crippen LogP contribution in [0.15, 0.2) is 58.5 Å². The number of aromatic amines is 1. The lowest BCUT2D eigenvalue weighted by atomic mass is 10.2. The van der Waals surface area contributed by atoms with E-state index in [1.807, 2.05) is 36.4 Å². The number of hydrazone groups is 1. The van der Waals surface area contributed by atoms with Crippen molar-refractivity contribution in [2.45, 2.75) is 4.90 Å². The van der Waals surface area contributed by atoms with E-state index in [0.29, 0.717) is 5.95 Å². The van der Waals surface area contributed by atoms with Gasteiger partial charge in [-0.05, 0) is 36.1 Å². The first-order valence-electron chi connectivity index (χ1n) is 6.23. The van der Waals surface area contributed by atoms with Gasteiger partial charge in [-0.2, -0.15) is 5.10 Å². The molecule has 1 heterocycles. The Hall–Kier alpha value is -2.27. The van der Waals surface area contributed by atoms with E-state index in [2.05, 4.69) is 38.9 Å². The molecule has 0 fully saturated rings. The van der Waals surface area contributed by atoms with Crippen LogP contribution in [0.25, 0.3) is 11.0 Å². The van der Waals surface area contributed by atoms with E-state index in [4.69, 9.17) is 0 Å². The second-order valence-electron chi connectivity index (χ2n) is 4.25. The molecule has 0 bridgehead atoms. The molecule has 0 atom stereocenters. The van der Waals surface area contributed by atoms with E-state index in [1.54, 1.807) is 18.0 Å². The topological polar surface area (TPSA) is 53.1 Å². The fourth-order valence-corrected chi connectivity index (χ4v) is 2.27. The van der Waals surface area contributed by atoms with Gasteiger partial charge in [0, 0.05) is 4.90 Å². The van der Waals surface area contributed by atoms with Crippen molar-refractivity contribution in [2.75, 3.05) is 11.7 Å². The van der Waals surface area contributed by atoms with Crippen molar-refractivity contribution in [3.63, 3.8) is 0 Å². The van der Waals surface area contributed by atoms with Crippen molar-refractivity contribution < 1.29 is 0 Å². The summed E-state index contributed by atoms with van der Waals surface area (Å²) < 4.78 is 0. The highest BCUT2D eigenvalue weighted by molar-refractivity contribution is 7.98. The highest BCUT2D eigenvalue weighted by Crippen LogP contribution is 2.14. The molecule has 2 aromatic carbocycles. The molecular weight excluding hydrogens is 268 g/mol. The molecule has 0 saturated heterocycles. The number of nitrogens with one attached hydrogen (secondary N) is 2. The highest BCUT2D eigenvalue weighted by atomic mass is 32.2. The maximum Gasteiger partial charge on any atom is 0.222 e. The molecule has 0 amide bonds. The van der Waals surface area contributed by atoms with Gasteiger partial charge in [0.25, 0.3) is 0 Å². The van der Waals surface area contributed by atoms with Gasteiger partial charge in [0.1, 0.15) is 0 Å². The minimum absolute atomic E-state index is 0.642. The minimum Gasteiger partial charge on any atom is -0.323 e. The summed E-state index contributed by atoms with van der Waals surface area (Å²) in [5.41, 5.74) is 5.88. The third-order valence-electron chi connectivity index (χ3n) is 2.89. The van der Waals surface area contributed by atoms with E-state index < -0.39 is 0 Å². The van der Waals surface area contributed by atoms with Crippen LogP contribution in [-0.4, -0.2) is 22.4 Å². The van der Waals surface area contributed by atoms with Crippen LogP contribution in [0.2, 0.25) is 0 Å². The van der Waals surface area contributed by atoms with E-state index in [-0.39, 0.29) is 0 Å². The first-order chi connectivity index (χ1) is 9.85. The van der Waals surface area contributed by atoms with Crippen LogP contribution in [0.3, 0.4) is 0 Å². The van der Waals surface area contributed by atoms with Gasteiger partial charge in [-0.25, -0.2) is 10.4 Å². The van der Waals surface area contributed by atoms with Gasteiger partial charge in [-0.3, -0.25) is 0 Å². The molecule has 2 N–H and O–H groups in total. The number of hydrogen-bond acceptors (Lipinski definition) is 4. The van der Waals surface area contributed by atoms with Crippen molar-refractivity contribution in [3.8, 4) is 0 Å². The zero-order valence-corrected chi connectivity index (χ0v) is 11.8. The number of anilines is 1. The van der Waals surface area contributed by atoms with E-state index >= 15 is 0 Å². The number of H-pyrrole nitrogens is 1. The number of rotatable bonds is 4. The number of hydrogen-bond donors (Lipinski definition) is 2. The Bertz CT molecular complexity index is 698. The van der Waals surface area contributed by atoms with Crippen LogP contribution in [-0.2, 0) is 0 Å². The summed E-state index contributed by atoms with van der Waals surface area (Å²) in [5, 5.41) is 4.19. The fourth-order valence-electron chi connectivity index (χ4n) is 1.86. The third kappa shape index (κ3) is 2.83. The van der Waals surface area contributed by atoms with Gasteiger partial charge in [0.15, 0.2) is 0 Å². The number of para-hydroxylation sites is 2. The van der Waals surface area contributed by atoms with Gasteiger partial charge in [0.2, 0.25) is 5.95 Å². The standard InChI is InChI=1S/C15H14N4S/c1-20-12-8-6-11(7-9-12)10-16-19-15-17-13-4-2-3-5-14(13)18-15/h2-10H,1H3,(H2,17,18,19). The Morgan fingerprint density at radius 1 is 1.15 bits per heavy atom. The maximum absolute atomic E-state index is 4.39. The molecule has 1 aromatic heterocycles. The molecule has 0 radical (unpaired) electrons. The maximum atomic E-state index is 4.39. The van der Waals surface area contributed by atoms with Crippen molar-refractivity contribution in [2.24, 2.45) is 5.10 Å². The second-order valence-corrected chi connectivity index (χ2v) is 5.13. The smallest absolute Gasteiger partial charge is 0.222 e. The van der Waals surface area contributed by atoms with Crippen molar-refractivity contribution in [1.82, 2.24) is 9.97 Å². The monoisotopic (exact) mass is 282 g/mol. The van der Waals surface area contributed by atoms with Crippen LogP contribution < -0.4 is 5.43 Å².